The first-order chi connectivity index (χ1) is 14.4. The first-order valence-electron chi connectivity index (χ1n) is 12.4. The van der Waals surface area contributed by atoms with Gasteiger partial charge in [0.1, 0.15) is 5.69 Å². The number of nitrogens with zero attached hydrogens (tertiary/aromatic N) is 2. The first kappa shape index (κ1) is 20.5. The third kappa shape index (κ3) is 3.29. The third-order valence-corrected chi connectivity index (χ3v) is 9.92. The van der Waals surface area contributed by atoms with Crippen LogP contribution < -0.4 is 0 Å². The van der Waals surface area contributed by atoms with Gasteiger partial charge in [-0.15, -0.1) is 0 Å². The Morgan fingerprint density at radius 3 is 2.63 bits per heavy atom. The van der Waals surface area contributed by atoms with Crippen LogP contribution in [0.5, 0.6) is 0 Å². The zero-order valence-corrected chi connectivity index (χ0v) is 19.0. The summed E-state index contributed by atoms with van der Waals surface area (Å²) in [5, 5.41) is 4.31. The van der Waals surface area contributed by atoms with Crippen molar-refractivity contribution in [1.29, 1.82) is 0 Å². The van der Waals surface area contributed by atoms with Crippen LogP contribution >= 0.6 is 0 Å². The molecule has 4 aliphatic rings. The molecule has 0 amide bonds. The van der Waals surface area contributed by atoms with E-state index in [1.807, 2.05) is 0 Å². The van der Waals surface area contributed by atoms with Crippen molar-refractivity contribution in [3.05, 3.63) is 18.0 Å². The van der Waals surface area contributed by atoms with Gasteiger partial charge in [0, 0.05) is 19.0 Å². The highest BCUT2D eigenvalue weighted by atomic mass is 16.1. The number of ketones is 2. The average molecular weight is 411 g/mol. The smallest absolute Gasteiger partial charge is 0.179 e. The molecule has 4 fully saturated rings. The molecule has 4 aliphatic carbocycles. The number of aromatic nitrogens is 2. The lowest BCUT2D eigenvalue weighted by molar-refractivity contribution is -0.131. The molecular weight excluding hydrogens is 372 g/mol. The van der Waals surface area contributed by atoms with Crippen molar-refractivity contribution in [2.24, 2.45) is 46.8 Å². The molecule has 0 saturated heterocycles. The van der Waals surface area contributed by atoms with Gasteiger partial charge in [0.25, 0.3) is 0 Å². The standard InChI is InChI=1S/C26H38N2O2/c1-16-4-6-19-18(14-16)5-7-21-20(19)10-12-26(3)22(21)8-9-23(26)25(30)15-28-13-11-24(27-28)17(2)29/h11,13,16,18-23H,4-10,12,14-15H2,1-3H3. The Morgan fingerprint density at radius 2 is 1.87 bits per heavy atom. The van der Waals surface area contributed by atoms with Crippen LogP contribution in [0.1, 0.15) is 89.0 Å². The predicted molar refractivity (Wildman–Crippen MR) is 117 cm³/mol. The van der Waals surface area contributed by atoms with Crippen molar-refractivity contribution >= 4 is 11.6 Å². The second-order valence-corrected chi connectivity index (χ2v) is 11.4. The molecule has 0 N–H and O–H groups in total. The van der Waals surface area contributed by atoms with Crippen LogP contribution in [-0.2, 0) is 11.3 Å². The molecule has 4 saturated carbocycles. The number of carbonyl (C=O) groups excluding carboxylic acids is 2. The minimum Gasteiger partial charge on any atom is -0.297 e. The van der Waals surface area contributed by atoms with E-state index >= 15 is 0 Å². The van der Waals surface area contributed by atoms with E-state index in [0.29, 0.717) is 18.0 Å². The molecule has 1 heterocycles. The fourth-order valence-electron chi connectivity index (χ4n) is 8.52. The van der Waals surface area contributed by atoms with Crippen molar-refractivity contribution in [1.82, 2.24) is 9.78 Å². The fourth-order valence-corrected chi connectivity index (χ4v) is 8.52. The highest BCUT2D eigenvalue weighted by molar-refractivity contribution is 5.92. The Hall–Kier alpha value is -1.45. The van der Waals surface area contributed by atoms with Crippen LogP contribution in [0.15, 0.2) is 12.3 Å². The van der Waals surface area contributed by atoms with Gasteiger partial charge in [0.15, 0.2) is 11.6 Å². The highest BCUT2D eigenvalue weighted by Crippen LogP contribution is 2.64. The van der Waals surface area contributed by atoms with Crippen molar-refractivity contribution in [2.75, 3.05) is 0 Å². The van der Waals surface area contributed by atoms with E-state index in [-0.39, 0.29) is 17.1 Å². The minimum absolute atomic E-state index is 0.0416. The van der Waals surface area contributed by atoms with Gasteiger partial charge in [0.2, 0.25) is 0 Å². The van der Waals surface area contributed by atoms with Crippen LogP contribution in [0.2, 0.25) is 0 Å². The molecule has 8 unspecified atom stereocenters. The topological polar surface area (TPSA) is 52.0 Å². The molecule has 0 radical (unpaired) electrons. The van der Waals surface area contributed by atoms with Crippen LogP contribution in [-0.4, -0.2) is 21.3 Å². The van der Waals surface area contributed by atoms with E-state index in [1.165, 1.54) is 58.3 Å². The Bertz CT molecular complexity index is 829. The highest BCUT2D eigenvalue weighted by Gasteiger charge is 2.58. The molecule has 4 nitrogen and oxygen atoms in total. The summed E-state index contributed by atoms with van der Waals surface area (Å²) in [6, 6.07) is 1.73. The molecule has 4 heteroatoms. The van der Waals surface area contributed by atoms with Crippen molar-refractivity contribution in [2.45, 2.75) is 85.1 Å². The molecule has 0 aliphatic heterocycles. The van der Waals surface area contributed by atoms with E-state index in [0.717, 1.165) is 41.9 Å². The number of fused-ring (bicyclic) bond motifs is 5. The minimum atomic E-state index is -0.0416. The van der Waals surface area contributed by atoms with Gasteiger partial charge in [-0.1, -0.05) is 20.3 Å². The zero-order chi connectivity index (χ0) is 21.0. The van der Waals surface area contributed by atoms with Gasteiger partial charge >= 0.3 is 0 Å². The Balaban J connectivity index is 1.30. The normalized spacial score (nSPS) is 42.8. The zero-order valence-electron chi connectivity index (χ0n) is 19.0. The number of hydrogen-bond donors (Lipinski definition) is 0. The van der Waals surface area contributed by atoms with Crippen LogP contribution in [0.4, 0.5) is 0 Å². The number of rotatable bonds is 4. The maximum atomic E-state index is 13.3. The summed E-state index contributed by atoms with van der Waals surface area (Å²) < 4.78 is 1.68. The fraction of sp³-hybridized carbons (Fsp3) is 0.808. The maximum Gasteiger partial charge on any atom is 0.179 e. The number of Topliss-reactive ketones (excluding diaryl/α,β-unsaturated/α-hetero) is 2. The molecule has 0 spiro atoms. The monoisotopic (exact) mass is 410 g/mol. The average Bonchev–Trinajstić information content (AvgIpc) is 3.31. The predicted octanol–water partition coefficient (Wildman–Crippen LogP) is 5.56. The van der Waals surface area contributed by atoms with Crippen LogP contribution in [0.25, 0.3) is 0 Å². The molecule has 1 aromatic rings. The van der Waals surface area contributed by atoms with Gasteiger partial charge in [-0.2, -0.15) is 5.10 Å². The number of carbonyl (C=O) groups is 2. The van der Waals surface area contributed by atoms with Crippen LogP contribution in [0.3, 0.4) is 0 Å². The summed E-state index contributed by atoms with van der Waals surface area (Å²) in [4.78, 5) is 24.9. The Labute approximate surface area is 181 Å². The lowest BCUT2D eigenvalue weighted by atomic mass is 9.49. The van der Waals surface area contributed by atoms with Crippen molar-refractivity contribution < 1.29 is 9.59 Å². The van der Waals surface area contributed by atoms with Gasteiger partial charge in [-0.05, 0) is 98.4 Å². The second-order valence-electron chi connectivity index (χ2n) is 11.4. The molecular formula is C26H38N2O2. The molecule has 164 valence electrons. The van der Waals surface area contributed by atoms with Gasteiger partial charge < -0.3 is 0 Å². The molecule has 0 aromatic carbocycles. The summed E-state index contributed by atoms with van der Waals surface area (Å²) in [7, 11) is 0. The van der Waals surface area contributed by atoms with E-state index in [9.17, 15) is 9.59 Å². The summed E-state index contributed by atoms with van der Waals surface area (Å²) in [5.74, 6) is 5.83. The van der Waals surface area contributed by atoms with Crippen LogP contribution in [0, 0.1) is 46.8 Å². The maximum absolute atomic E-state index is 13.3. The van der Waals surface area contributed by atoms with E-state index in [2.05, 4.69) is 18.9 Å². The van der Waals surface area contributed by atoms with Crippen molar-refractivity contribution in [3.63, 3.8) is 0 Å². The lowest BCUT2D eigenvalue weighted by Gasteiger charge is -2.56. The quantitative estimate of drug-likeness (QED) is 0.611. The van der Waals surface area contributed by atoms with Gasteiger partial charge in [-0.25, -0.2) is 0 Å². The first-order valence-corrected chi connectivity index (χ1v) is 12.4. The number of hydrogen-bond acceptors (Lipinski definition) is 3. The molecule has 0 bridgehead atoms. The van der Waals surface area contributed by atoms with Crippen molar-refractivity contribution in [3.8, 4) is 0 Å². The summed E-state index contributed by atoms with van der Waals surface area (Å²) in [5.41, 5.74) is 0.626. The third-order valence-electron chi connectivity index (χ3n) is 9.92. The molecule has 30 heavy (non-hydrogen) atoms. The van der Waals surface area contributed by atoms with Gasteiger partial charge in [0.05, 0.1) is 6.54 Å². The van der Waals surface area contributed by atoms with Gasteiger partial charge in [-0.3, -0.25) is 14.3 Å². The second kappa shape index (κ2) is 7.60. The molecule has 5 rings (SSSR count). The summed E-state index contributed by atoms with van der Waals surface area (Å²) >= 11 is 0. The molecule has 1 aromatic heterocycles. The lowest BCUT2D eigenvalue weighted by Crippen LogP contribution is -2.49. The SMILES string of the molecule is CC(=O)c1ccn(CC(=O)C2CCC3C4CCC5CC(C)CCC5C4CCC23C)n1. The molecule has 8 atom stereocenters. The Morgan fingerprint density at radius 1 is 1.07 bits per heavy atom. The Kier molecular flexibility index (Phi) is 5.18. The summed E-state index contributed by atoms with van der Waals surface area (Å²) in [6.45, 7) is 6.73. The van der Waals surface area contributed by atoms with E-state index in [1.54, 1.807) is 16.9 Å². The van der Waals surface area contributed by atoms with E-state index < -0.39 is 0 Å². The van der Waals surface area contributed by atoms with E-state index in [4.69, 9.17) is 0 Å². The summed E-state index contributed by atoms with van der Waals surface area (Å²) in [6.07, 6.45) is 13.8. The largest absolute Gasteiger partial charge is 0.297 e.